The first-order valence-electron chi connectivity index (χ1n) is 7.21. The number of nitrogens with one attached hydrogen (secondary N) is 2. The molecule has 0 radical (unpaired) electrons. The molecule has 0 fully saturated rings. The SMILES string of the molecule is CSCCCNC(=S)NCc1ccc(-c2csc(C)n2)cc1. The third-order valence-corrected chi connectivity index (χ3v) is 4.89. The monoisotopic (exact) mass is 351 g/mol. The molecule has 2 N–H and O–H groups in total. The molecule has 0 amide bonds. The van der Waals surface area contributed by atoms with Crippen molar-refractivity contribution in [3.63, 3.8) is 0 Å². The number of thioether (sulfide) groups is 1. The van der Waals surface area contributed by atoms with Crippen molar-refractivity contribution in [1.82, 2.24) is 15.6 Å². The van der Waals surface area contributed by atoms with Crippen molar-refractivity contribution in [2.24, 2.45) is 0 Å². The lowest BCUT2D eigenvalue weighted by atomic mass is 10.1. The van der Waals surface area contributed by atoms with Gasteiger partial charge in [0.1, 0.15) is 0 Å². The van der Waals surface area contributed by atoms with E-state index in [1.54, 1.807) is 11.3 Å². The third-order valence-electron chi connectivity index (χ3n) is 3.13. The molecule has 1 aromatic carbocycles. The zero-order chi connectivity index (χ0) is 15.8. The topological polar surface area (TPSA) is 37.0 Å². The molecule has 3 nitrogen and oxygen atoms in total. The maximum atomic E-state index is 5.27. The zero-order valence-corrected chi connectivity index (χ0v) is 15.3. The van der Waals surface area contributed by atoms with Gasteiger partial charge in [-0.2, -0.15) is 11.8 Å². The van der Waals surface area contributed by atoms with Crippen molar-refractivity contribution in [3.8, 4) is 11.3 Å². The number of thiazole rings is 1. The molecule has 0 bridgehead atoms. The molecule has 2 rings (SSSR count). The van der Waals surface area contributed by atoms with Crippen molar-refractivity contribution >= 4 is 40.4 Å². The summed E-state index contributed by atoms with van der Waals surface area (Å²) in [6.45, 7) is 3.69. The highest BCUT2D eigenvalue weighted by Gasteiger charge is 2.02. The lowest BCUT2D eigenvalue weighted by molar-refractivity contribution is 0.804. The summed E-state index contributed by atoms with van der Waals surface area (Å²) >= 11 is 8.80. The summed E-state index contributed by atoms with van der Waals surface area (Å²) < 4.78 is 0. The van der Waals surface area contributed by atoms with Crippen LogP contribution in [0.5, 0.6) is 0 Å². The molecule has 0 atom stereocenters. The highest BCUT2D eigenvalue weighted by Crippen LogP contribution is 2.21. The summed E-state index contributed by atoms with van der Waals surface area (Å²) in [6.07, 6.45) is 3.25. The van der Waals surface area contributed by atoms with Crippen LogP contribution in [0.25, 0.3) is 11.3 Å². The van der Waals surface area contributed by atoms with E-state index in [1.165, 1.54) is 5.56 Å². The molecule has 0 spiro atoms. The van der Waals surface area contributed by atoms with Gasteiger partial charge in [-0.1, -0.05) is 24.3 Å². The molecule has 0 unspecified atom stereocenters. The van der Waals surface area contributed by atoms with Crippen molar-refractivity contribution in [2.45, 2.75) is 19.9 Å². The predicted octanol–water partition coefficient (Wildman–Crippen LogP) is 3.84. The second-order valence-electron chi connectivity index (χ2n) is 4.90. The molecule has 0 aliphatic heterocycles. The minimum absolute atomic E-state index is 0.723. The first-order chi connectivity index (χ1) is 10.7. The Morgan fingerprint density at radius 3 is 2.68 bits per heavy atom. The lowest BCUT2D eigenvalue weighted by Crippen LogP contribution is -2.35. The van der Waals surface area contributed by atoms with E-state index in [0.717, 1.165) is 46.6 Å². The maximum absolute atomic E-state index is 5.27. The molecular weight excluding hydrogens is 330 g/mol. The van der Waals surface area contributed by atoms with Crippen LogP contribution < -0.4 is 10.6 Å². The molecule has 118 valence electrons. The highest BCUT2D eigenvalue weighted by atomic mass is 32.2. The molecule has 0 aliphatic rings. The fourth-order valence-corrected chi connectivity index (χ4v) is 3.18. The van der Waals surface area contributed by atoms with E-state index in [9.17, 15) is 0 Å². The number of aromatic nitrogens is 1. The van der Waals surface area contributed by atoms with Crippen LogP contribution in [0.3, 0.4) is 0 Å². The van der Waals surface area contributed by atoms with E-state index < -0.39 is 0 Å². The quantitative estimate of drug-likeness (QED) is 0.586. The third kappa shape index (κ3) is 5.59. The summed E-state index contributed by atoms with van der Waals surface area (Å²) in [6, 6.07) is 8.46. The Labute approximate surface area is 145 Å². The van der Waals surface area contributed by atoms with Gasteiger partial charge < -0.3 is 10.6 Å². The summed E-state index contributed by atoms with van der Waals surface area (Å²) in [5.74, 6) is 1.16. The summed E-state index contributed by atoms with van der Waals surface area (Å²) in [5, 5.41) is 10.4. The van der Waals surface area contributed by atoms with Gasteiger partial charge >= 0.3 is 0 Å². The van der Waals surface area contributed by atoms with Gasteiger partial charge in [-0.3, -0.25) is 0 Å². The van der Waals surface area contributed by atoms with Gasteiger partial charge in [0.05, 0.1) is 10.7 Å². The molecule has 22 heavy (non-hydrogen) atoms. The van der Waals surface area contributed by atoms with Crippen LogP contribution in [0.2, 0.25) is 0 Å². The maximum Gasteiger partial charge on any atom is 0.166 e. The molecule has 1 aromatic heterocycles. The van der Waals surface area contributed by atoms with Gasteiger partial charge in [-0.15, -0.1) is 11.3 Å². The Hall–Kier alpha value is -1.11. The van der Waals surface area contributed by atoms with E-state index in [2.05, 4.69) is 51.5 Å². The fraction of sp³-hybridized carbons (Fsp3) is 0.375. The molecular formula is C16H21N3S3. The number of aryl methyl sites for hydroxylation is 1. The van der Waals surface area contributed by atoms with Gasteiger partial charge in [0, 0.05) is 24.0 Å². The number of hydrogen-bond donors (Lipinski definition) is 2. The second-order valence-corrected chi connectivity index (χ2v) is 7.36. The zero-order valence-electron chi connectivity index (χ0n) is 12.9. The van der Waals surface area contributed by atoms with Crippen LogP contribution in [-0.2, 0) is 6.54 Å². The summed E-state index contributed by atoms with van der Waals surface area (Å²) in [5.41, 5.74) is 3.42. The van der Waals surface area contributed by atoms with Crippen LogP contribution in [0.15, 0.2) is 29.6 Å². The standard InChI is InChI=1S/C16H21N3S3/c1-12-19-15(11-22-12)14-6-4-13(5-7-14)10-18-16(20)17-8-3-9-21-2/h4-7,11H,3,8-10H2,1-2H3,(H2,17,18,20). The van der Waals surface area contributed by atoms with Crippen LogP contribution in [-0.4, -0.2) is 28.6 Å². The van der Waals surface area contributed by atoms with Crippen LogP contribution >= 0.6 is 35.3 Å². The van der Waals surface area contributed by atoms with Gasteiger partial charge in [0.15, 0.2) is 5.11 Å². The Kier molecular flexibility index (Phi) is 7.15. The smallest absolute Gasteiger partial charge is 0.166 e. The van der Waals surface area contributed by atoms with E-state index >= 15 is 0 Å². The van der Waals surface area contributed by atoms with Crippen molar-refractivity contribution in [3.05, 3.63) is 40.2 Å². The van der Waals surface area contributed by atoms with E-state index in [4.69, 9.17) is 12.2 Å². The van der Waals surface area contributed by atoms with Crippen LogP contribution in [0.1, 0.15) is 17.0 Å². The number of hydrogen-bond acceptors (Lipinski definition) is 4. The number of nitrogens with zero attached hydrogens (tertiary/aromatic N) is 1. The first kappa shape index (κ1) is 17.2. The average Bonchev–Trinajstić information content (AvgIpc) is 2.96. The minimum atomic E-state index is 0.723. The van der Waals surface area contributed by atoms with E-state index in [-0.39, 0.29) is 0 Å². The Morgan fingerprint density at radius 1 is 1.27 bits per heavy atom. The van der Waals surface area contributed by atoms with Crippen molar-refractivity contribution < 1.29 is 0 Å². The number of thiocarbonyl (C=S) groups is 1. The Balaban J connectivity index is 1.78. The predicted molar refractivity (Wildman–Crippen MR) is 103 cm³/mol. The van der Waals surface area contributed by atoms with Crippen LogP contribution in [0, 0.1) is 6.92 Å². The average molecular weight is 352 g/mol. The van der Waals surface area contributed by atoms with Gasteiger partial charge in [0.2, 0.25) is 0 Å². The largest absolute Gasteiger partial charge is 0.363 e. The highest BCUT2D eigenvalue weighted by molar-refractivity contribution is 7.98. The second kappa shape index (κ2) is 9.12. The normalized spacial score (nSPS) is 10.5. The lowest BCUT2D eigenvalue weighted by Gasteiger charge is -2.10. The van der Waals surface area contributed by atoms with Gasteiger partial charge in [-0.25, -0.2) is 4.98 Å². The first-order valence-corrected chi connectivity index (χ1v) is 9.89. The number of rotatable bonds is 7. The van der Waals surface area contributed by atoms with Crippen molar-refractivity contribution in [1.29, 1.82) is 0 Å². The number of benzene rings is 1. The molecule has 6 heteroatoms. The molecule has 2 aromatic rings. The summed E-state index contributed by atoms with van der Waals surface area (Å²) in [7, 11) is 0. The molecule has 0 saturated carbocycles. The molecule has 0 aliphatic carbocycles. The fourth-order valence-electron chi connectivity index (χ4n) is 1.95. The van der Waals surface area contributed by atoms with E-state index in [0.29, 0.717) is 0 Å². The molecule has 0 saturated heterocycles. The molecule has 1 heterocycles. The van der Waals surface area contributed by atoms with Gasteiger partial charge in [0.25, 0.3) is 0 Å². The minimum Gasteiger partial charge on any atom is -0.363 e. The Bertz CT molecular complexity index is 593. The van der Waals surface area contributed by atoms with Crippen LogP contribution in [0.4, 0.5) is 0 Å². The van der Waals surface area contributed by atoms with Crippen molar-refractivity contribution in [2.75, 3.05) is 18.6 Å². The Morgan fingerprint density at radius 2 is 2.05 bits per heavy atom. The summed E-state index contributed by atoms with van der Waals surface area (Å²) in [4.78, 5) is 4.50. The van der Waals surface area contributed by atoms with Gasteiger partial charge in [-0.05, 0) is 43.1 Å². The van der Waals surface area contributed by atoms with E-state index in [1.807, 2.05) is 18.7 Å².